The first-order valence-electron chi connectivity index (χ1n) is 11.9. The number of carbonyl (C=O) groups is 3. The standard InChI is InChI=1S/C24H32N4O4/c29-21-9-10-24(25-23(31)19-7-3-4-8-20(19)32-24)11-12-28(21)17-22(30)27-15-13-26(14-16-27)18-5-1-2-6-18/h3-4,7-8,18H,1-2,5-6,9-17H2,(H,25,31). The van der Waals surface area contributed by atoms with Crippen molar-refractivity contribution in [1.29, 1.82) is 0 Å². The highest BCUT2D eigenvalue weighted by Crippen LogP contribution is 2.33. The van der Waals surface area contributed by atoms with Crippen LogP contribution in [0.5, 0.6) is 5.75 Å². The maximum Gasteiger partial charge on any atom is 0.258 e. The molecule has 1 N–H and O–H groups in total. The van der Waals surface area contributed by atoms with Crippen LogP contribution in [-0.2, 0) is 9.59 Å². The van der Waals surface area contributed by atoms with Crippen molar-refractivity contribution in [2.75, 3.05) is 39.3 Å². The second-order valence-corrected chi connectivity index (χ2v) is 9.47. The summed E-state index contributed by atoms with van der Waals surface area (Å²) in [6.07, 6.45) is 6.29. The van der Waals surface area contributed by atoms with Gasteiger partial charge < -0.3 is 19.9 Å². The molecule has 32 heavy (non-hydrogen) atoms. The number of piperazine rings is 1. The van der Waals surface area contributed by atoms with Crippen LogP contribution < -0.4 is 10.1 Å². The predicted molar refractivity (Wildman–Crippen MR) is 118 cm³/mol. The van der Waals surface area contributed by atoms with Gasteiger partial charge in [0.1, 0.15) is 5.75 Å². The molecule has 0 radical (unpaired) electrons. The number of fused-ring (bicyclic) bond motifs is 1. The highest BCUT2D eigenvalue weighted by atomic mass is 16.5. The molecule has 4 aliphatic rings. The van der Waals surface area contributed by atoms with Crippen molar-refractivity contribution >= 4 is 17.7 Å². The summed E-state index contributed by atoms with van der Waals surface area (Å²) in [5, 5.41) is 2.98. The lowest BCUT2D eigenvalue weighted by Crippen LogP contribution is -2.56. The van der Waals surface area contributed by atoms with Gasteiger partial charge in [0.05, 0.1) is 12.1 Å². The normalized spacial score (nSPS) is 27.1. The van der Waals surface area contributed by atoms with E-state index < -0.39 is 5.72 Å². The van der Waals surface area contributed by atoms with E-state index in [0.29, 0.717) is 36.7 Å². The Morgan fingerprint density at radius 1 is 1.03 bits per heavy atom. The number of rotatable bonds is 3. The molecule has 8 heteroatoms. The lowest BCUT2D eigenvalue weighted by atomic mass is 10.0. The summed E-state index contributed by atoms with van der Waals surface area (Å²) < 4.78 is 6.18. The summed E-state index contributed by atoms with van der Waals surface area (Å²) in [6, 6.07) is 7.85. The van der Waals surface area contributed by atoms with Gasteiger partial charge in [-0.2, -0.15) is 0 Å². The molecule has 1 aromatic rings. The number of hydrogen-bond acceptors (Lipinski definition) is 5. The SMILES string of the molecule is O=C1NC2(CCC(=O)N(CC(=O)N3CCN(C4CCCC4)CC3)CC2)Oc2ccccc21. The van der Waals surface area contributed by atoms with Crippen LogP contribution in [0.25, 0.3) is 0 Å². The summed E-state index contributed by atoms with van der Waals surface area (Å²) in [5.41, 5.74) is -0.385. The Morgan fingerprint density at radius 2 is 1.78 bits per heavy atom. The third kappa shape index (κ3) is 4.20. The smallest absolute Gasteiger partial charge is 0.258 e. The van der Waals surface area contributed by atoms with Crippen LogP contribution in [0.3, 0.4) is 0 Å². The number of para-hydroxylation sites is 1. The van der Waals surface area contributed by atoms with Crippen molar-refractivity contribution in [2.45, 2.75) is 56.7 Å². The van der Waals surface area contributed by atoms with Crippen LogP contribution in [0.4, 0.5) is 0 Å². The van der Waals surface area contributed by atoms with E-state index in [-0.39, 0.29) is 30.7 Å². The van der Waals surface area contributed by atoms with Crippen LogP contribution in [-0.4, -0.2) is 83.5 Å². The molecule has 172 valence electrons. The summed E-state index contributed by atoms with van der Waals surface area (Å²) in [6.45, 7) is 3.80. The zero-order valence-corrected chi connectivity index (χ0v) is 18.6. The van der Waals surface area contributed by atoms with Gasteiger partial charge in [-0.25, -0.2) is 0 Å². The molecular formula is C24H32N4O4. The van der Waals surface area contributed by atoms with Gasteiger partial charge in [0.2, 0.25) is 11.8 Å². The van der Waals surface area contributed by atoms with Crippen molar-refractivity contribution < 1.29 is 19.1 Å². The number of nitrogens with one attached hydrogen (secondary N) is 1. The molecule has 8 nitrogen and oxygen atoms in total. The fourth-order valence-electron chi connectivity index (χ4n) is 5.55. The minimum absolute atomic E-state index is 0.0133. The molecule has 3 aliphatic heterocycles. The van der Waals surface area contributed by atoms with E-state index in [0.717, 1.165) is 26.2 Å². The Bertz CT molecular complexity index is 892. The van der Waals surface area contributed by atoms with Gasteiger partial charge in [0.15, 0.2) is 5.72 Å². The van der Waals surface area contributed by atoms with Gasteiger partial charge in [-0.1, -0.05) is 25.0 Å². The Balaban J connectivity index is 1.18. The average Bonchev–Trinajstić information content (AvgIpc) is 3.31. The number of benzene rings is 1. The van der Waals surface area contributed by atoms with Gasteiger partial charge in [0.25, 0.3) is 5.91 Å². The Hall–Kier alpha value is -2.61. The first-order valence-corrected chi connectivity index (χ1v) is 11.9. The van der Waals surface area contributed by atoms with Crippen molar-refractivity contribution in [3.8, 4) is 5.75 Å². The fraction of sp³-hybridized carbons (Fsp3) is 0.625. The molecule has 1 saturated carbocycles. The van der Waals surface area contributed by atoms with Gasteiger partial charge in [-0.3, -0.25) is 19.3 Å². The van der Waals surface area contributed by atoms with Gasteiger partial charge in [0, 0.05) is 58.0 Å². The summed E-state index contributed by atoms with van der Waals surface area (Å²) in [5.74, 6) is 0.327. The molecule has 1 aliphatic carbocycles. The van der Waals surface area contributed by atoms with Crippen LogP contribution >= 0.6 is 0 Å². The number of carbonyl (C=O) groups excluding carboxylic acids is 3. The van der Waals surface area contributed by atoms with Crippen molar-refractivity contribution in [3.05, 3.63) is 29.8 Å². The van der Waals surface area contributed by atoms with Gasteiger partial charge in [-0.05, 0) is 25.0 Å². The first kappa shape index (κ1) is 21.2. The number of amides is 3. The Labute approximate surface area is 188 Å². The van der Waals surface area contributed by atoms with Crippen LogP contribution in [0.2, 0.25) is 0 Å². The molecule has 1 atom stereocenters. The molecule has 1 spiro atoms. The third-order valence-electron chi connectivity index (χ3n) is 7.49. The highest BCUT2D eigenvalue weighted by molar-refractivity contribution is 5.98. The monoisotopic (exact) mass is 440 g/mol. The highest BCUT2D eigenvalue weighted by Gasteiger charge is 2.43. The minimum Gasteiger partial charge on any atom is -0.467 e. The van der Waals surface area contributed by atoms with E-state index >= 15 is 0 Å². The fourth-order valence-corrected chi connectivity index (χ4v) is 5.55. The maximum atomic E-state index is 12.9. The molecule has 3 amide bonds. The Kier molecular flexibility index (Phi) is 5.80. The lowest BCUT2D eigenvalue weighted by molar-refractivity contribution is -0.141. The minimum atomic E-state index is -0.897. The second-order valence-electron chi connectivity index (χ2n) is 9.47. The predicted octanol–water partition coefficient (Wildman–Crippen LogP) is 1.60. The van der Waals surface area contributed by atoms with Crippen molar-refractivity contribution in [1.82, 2.24) is 20.0 Å². The quantitative estimate of drug-likeness (QED) is 0.772. The molecule has 1 unspecified atom stereocenters. The average molecular weight is 441 g/mol. The van der Waals surface area contributed by atoms with E-state index in [4.69, 9.17) is 4.74 Å². The van der Waals surface area contributed by atoms with Gasteiger partial charge in [-0.15, -0.1) is 0 Å². The van der Waals surface area contributed by atoms with E-state index in [1.165, 1.54) is 25.7 Å². The van der Waals surface area contributed by atoms with Crippen LogP contribution in [0, 0.1) is 0 Å². The van der Waals surface area contributed by atoms with E-state index in [9.17, 15) is 14.4 Å². The zero-order valence-electron chi connectivity index (χ0n) is 18.6. The van der Waals surface area contributed by atoms with Gasteiger partial charge >= 0.3 is 0 Å². The summed E-state index contributed by atoms with van der Waals surface area (Å²) in [4.78, 5) is 44.4. The summed E-state index contributed by atoms with van der Waals surface area (Å²) >= 11 is 0. The van der Waals surface area contributed by atoms with Crippen molar-refractivity contribution in [2.24, 2.45) is 0 Å². The first-order chi connectivity index (χ1) is 15.5. The second kappa shape index (κ2) is 8.73. The van der Waals surface area contributed by atoms with E-state index in [1.54, 1.807) is 23.1 Å². The molecular weight excluding hydrogens is 408 g/mol. The number of likely N-dealkylation sites (tertiary alicyclic amines) is 1. The molecule has 2 saturated heterocycles. The molecule has 0 aromatic heterocycles. The number of ether oxygens (including phenoxy) is 1. The third-order valence-corrected chi connectivity index (χ3v) is 7.49. The molecule has 3 heterocycles. The van der Waals surface area contributed by atoms with E-state index in [2.05, 4.69) is 10.2 Å². The topological polar surface area (TPSA) is 82.2 Å². The molecule has 3 fully saturated rings. The molecule has 0 bridgehead atoms. The largest absolute Gasteiger partial charge is 0.467 e. The lowest BCUT2D eigenvalue weighted by Gasteiger charge is -2.39. The van der Waals surface area contributed by atoms with Crippen LogP contribution in [0.15, 0.2) is 24.3 Å². The molecule has 1 aromatic carbocycles. The van der Waals surface area contributed by atoms with Crippen LogP contribution in [0.1, 0.15) is 55.3 Å². The van der Waals surface area contributed by atoms with E-state index in [1.807, 2.05) is 11.0 Å². The number of hydrogen-bond donors (Lipinski definition) is 1. The number of nitrogens with zero attached hydrogens (tertiary/aromatic N) is 3. The zero-order chi connectivity index (χ0) is 22.1. The Morgan fingerprint density at radius 3 is 2.56 bits per heavy atom. The summed E-state index contributed by atoms with van der Waals surface area (Å²) in [7, 11) is 0. The maximum absolute atomic E-state index is 12.9. The van der Waals surface area contributed by atoms with Crippen molar-refractivity contribution in [3.63, 3.8) is 0 Å². The molecule has 5 rings (SSSR count).